The highest BCUT2D eigenvalue weighted by molar-refractivity contribution is 6.31. The van der Waals surface area contributed by atoms with Gasteiger partial charge in [-0.3, -0.25) is 9.79 Å². The highest BCUT2D eigenvalue weighted by atomic mass is 35.5. The van der Waals surface area contributed by atoms with Gasteiger partial charge in [-0.05, 0) is 62.0 Å². The molecule has 2 N–H and O–H groups in total. The maximum atomic E-state index is 14.8. The lowest BCUT2D eigenvalue weighted by Gasteiger charge is -2.17. The number of anilines is 2. The predicted molar refractivity (Wildman–Crippen MR) is 151 cm³/mol. The lowest BCUT2D eigenvalue weighted by atomic mass is 9.95. The van der Waals surface area contributed by atoms with Crippen molar-refractivity contribution in [2.24, 2.45) is 4.99 Å². The first-order valence-corrected chi connectivity index (χ1v) is 13.2. The molecule has 0 radical (unpaired) electrons. The van der Waals surface area contributed by atoms with Gasteiger partial charge in [-0.15, -0.1) is 0 Å². The van der Waals surface area contributed by atoms with Gasteiger partial charge in [-0.1, -0.05) is 29.8 Å². The number of carbonyl (C=O) groups is 1. The number of hydrogen-bond donors (Lipinski definition) is 2. The van der Waals surface area contributed by atoms with Crippen LogP contribution in [0.25, 0.3) is 11.3 Å². The third-order valence-corrected chi connectivity index (χ3v) is 7.40. The van der Waals surface area contributed by atoms with Crippen LogP contribution < -0.4 is 10.6 Å². The molecule has 7 nitrogen and oxygen atoms in total. The fourth-order valence-corrected chi connectivity index (χ4v) is 5.23. The topological polar surface area (TPSA) is 82.5 Å². The summed E-state index contributed by atoms with van der Waals surface area (Å²) in [5.41, 5.74) is 5.36. The van der Waals surface area contributed by atoms with Gasteiger partial charge in [-0.25, -0.2) is 14.4 Å². The summed E-state index contributed by atoms with van der Waals surface area (Å²) < 4.78 is 14.8. The van der Waals surface area contributed by atoms with Gasteiger partial charge in [0.25, 0.3) is 5.91 Å². The van der Waals surface area contributed by atoms with Crippen molar-refractivity contribution in [3.05, 3.63) is 106 Å². The number of benzene rings is 3. The Morgan fingerprint density at radius 1 is 1.05 bits per heavy atom. The summed E-state index contributed by atoms with van der Waals surface area (Å²) >= 11 is 6.36. The van der Waals surface area contributed by atoms with Crippen LogP contribution in [0.5, 0.6) is 0 Å². The molecule has 3 heterocycles. The Morgan fingerprint density at radius 2 is 1.87 bits per heavy atom. The highest BCUT2D eigenvalue weighted by Gasteiger charge is 2.26. The van der Waals surface area contributed by atoms with E-state index in [-0.39, 0.29) is 11.7 Å². The van der Waals surface area contributed by atoms with Crippen LogP contribution in [0, 0.1) is 5.82 Å². The number of aromatic nitrogens is 2. The van der Waals surface area contributed by atoms with E-state index in [1.54, 1.807) is 36.5 Å². The molecule has 0 bridgehead atoms. The molecule has 1 atom stereocenters. The number of rotatable bonds is 5. The van der Waals surface area contributed by atoms with Crippen molar-refractivity contribution in [1.29, 1.82) is 0 Å². The van der Waals surface area contributed by atoms with E-state index < -0.39 is 0 Å². The van der Waals surface area contributed by atoms with E-state index in [1.165, 1.54) is 6.07 Å². The first-order valence-electron chi connectivity index (χ1n) is 12.8. The molecule has 196 valence electrons. The number of halogens is 2. The minimum absolute atomic E-state index is 0.0292. The van der Waals surface area contributed by atoms with E-state index in [9.17, 15) is 9.18 Å². The molecule has 9 heteroatoms. The SMILES string of the molecule is CNC1CCN(C(=O)c2ccc(Nc3ncc4c(n3)-c3ccc(Cl)cc3C(c3ccccc3F)=NC4)cc2)C1. The quantitative estimate of drug-likeness (QED) is 0.351. The second-order valence-corrected chi connectivity index (χ2v) is 10.1. The Kier molecular flexibility index (Phi) is 6.81. The molecule has 0 spiro atoms. The van der Waals surface area contributed by atoms with E-state index in [4.69, 9.17) is 21.6 Å². The zero-order chi connectivity index (χ0) is 26.9. The summed E-state index contributed by atoms with van der Waals surface area (Å²) in [4.78, 5) is 28.8. The second-order valence-electron chi connectivity index (χ2n) is 9.63. The van der Waals surface area contributed by atoms with E-state index in [0.717, 1.165) is 29.8 Å². The van der Waals surface area contributed by atoms with Gasteiger partial charge in [0, 0.05) is 63.9 Å². The number of amides is 1. The molecule has 4 aromatic rings. The van der Waals surface area contributed by atoms with Gasteiger partial charge in [0.15, 0.2) is 0 Å². The Hall–Kier alpha value is -4.14. The van der Waals surface area contributed by atoms with Crippen molar-refractivity contribution < 1.29 is 9.18 Å². The third kappa shape index (κ3) is 5.01. The number of carbonyl (C=O) groups excluding carboxylic acids is 1. The van der Waals surface area contributed by atoms with Crippen molar-refractivity contribution in [3.63, 3.8) is 0 Å². The largest absolute Gasteiger partial charge is 0.337 e. The molecule has 3 aromatic carbocycles. The molecule has 1 fully saturated rings. The Bertz CT molecular complexity index is 1590. The summed E-state index contributed by atoms with van der Waals surface area (Å²) in [7, 11) is 1.92. The molecule has 0 saturated carbocycles. The van der Waals surface area contributed by atoms with Gasteiger partial charge >= 0.3 is 0 Å². The zero-order valence-electron chi connectivity index (χ0n) is 21.3. The molecular formula is C30H26ClFN6O. The summed E-state index contributed by atoms with van der Waals surface area (Å²) in [6, 6.07) is 19.7. The number of aliphatic imine (C=N–C) groups is 1. The van der Waals surface area contributed by atoms with Gasteiger partial charge in [0.2, 0.25) is 5.95 Å². The van der Waals surface area contributed by atoms with Crippen molar-refractivity contribution in [3.8, 4) is 11.3 Å². The molecule has 1 saturated heterocycles. The molecule has 0 aliphatic carbocycles. The van der Waals surface area contributed by atoms with Crippen molar-refractivity contribution in [1.82, 2.24) is 20.2 Å². The molecule has 6 rings (SSSR count). The first-order chi connectivity index (χ1) is 19.0. The fraction of sp³-hybridized carbons (Fsp3) is 0.200. The molecule has 1 unspecified atom stereocenters. The predicted octanol–water partition coefficient (Wildman–Crippen LogP) is 5.46. The lowest BCUT2D eigenvalue weighted by Crippen LogP contribution is -2.33. The molecule has 1 aromatic heterocycles. The van der Waals surface area contributed by atoms with Gasteiger partial charge in [0.1, 0.15) is 5.82 Å². The number of hydrogen-bond acceptors (Lipinski definition) is 6. The van der Waals surface area contributed by atoms with E-state index in [2.05, 4.69) is 15.6 Å². The minimum atomic E-state index is -0.352. The second kappa shape index (κ2) is 10.6. The van der Waals surface area contributed by atoms with Crippen LogP contribution in [0.1, 0.15) is 33.5 Å². The van der Waals surface area contributed by atoms with Crippen LogP contribution in [0.4, 0.5) is 16.0 Å². The van der Waals surface area contributed by atoms with Crippen LogP contribution >= 0.6 is 11.6 Å². The standard InChI is InChI=1S/C30H26ClFN6O/c1-33-22-12-13-38(17-22)29(39)18-6-9-21(10-7-18)36-30-35-16-19-15-34-28(24-4-2-3-5-26(24)32)25-14-20(31)8-11-23(25)27(19)37-30/h2-11,14,16,22,33H,12-13,15,17H2,1H3,(H,35,36,37). The van der Waals surface area contributed by atoms with Gasteiger partial charge in [0.05, 0.1) is 18.0 Å². The molecular weight excluding hydrogens is 515 g/mol. The summed E-state index contributed by atoms with van der Waals surface area (Å²) in [6.07, 6.45) is 2.69. The number of nitrogens with zero attached hydrogens (tertiary/aromatic N) is 4. The van der Waals surface area contributed by atoms with Crippen LogP contribution in [0.2, 0.25) is 5.02 Å². The number of likely N-dealkylation sites (tertiary alicyclic amines) is 1. The lowest BCUT2D eigenvalue weighted by molar-refractivity contribution is 0.0789. The number of nitrogens with one attached hydrogen (secondary N) is 2. The zero-order valence-corrected chi connectivity index (χ0v) is 22.0. The Labute approximate surface area is 230 Å². The van der Waals surface area contributed by atoms with E-state index in [1.807, 2.05) is 42.3 Å². The fourth-order valence-electron chi connectivity index (χ4n) is 5.06. The molecule has 1 amide bonds. The number of fused-ring (bicyclic) bond motifs is 3. The van der Waals surface area contributed by atoms with E-state index >= 15 is 0 Å². The van der Waals surface area contributed by atoms with Crippen LogP contribution in [-0.2, 0) is 6.54 Å². The van der Waals surface area contributed by atoms with Crippen LogP contribution in [-0.4, -0.2) is 52.7 Å². The minimum Gasteiger partial charge on any atom is -0.337 e. The molecule has 2 aliphatic rings. The maximum Gasteiger partial charge on any atom is 0.253 e. The Morgan fingerprint density at radius 3 is 2.64 bits per heavy atom. The van der Waals surface area contributed by atoms with Gasteiger partial charge in [-0.2, -0.15) is 0 Å². The summed E-state index contributed by atoms with van der Waals surface area (Å²) in [6.45, 7) is 1.77. The third-order valence-electron chi connectivity index (χ3n) is 7.16. The van der Waals surface area contributed by atoms with Crippen molar-refractivity contribution in [2.75, 3.05) is 25.5 Å². The summed E-state index contributed by atoms with van der Waals surface area (Å²) in [5.74, 6) is 0.0797. The molecule has 2 aliphatic heterocycles. The first kappa shape index (κ1) is 25.2. The number of likely N-dealkylation sites (N-methyl/N-ethyl adjacent to an activating group) is 1. The van der Waals surface area contributed by atoms with Crippen LogP contribution in [0.15, 0.2) is 77.9 Å². The molecule has 39 heavy (non-hydrogen) atoms. The van der Waals surface area contributed by atoms with E-state index in [0.29, 0.717) is 58.2 Å². The normalized spacial score (nSPS) is 16.2. The Balaban J connectivity index is 1.28. The van der Waals surface area contributed by atoms with Gasteiger partial charge < -0.3 is 15.5 Å². The van der Waals surface area contributed by atoms with Crippen molar-refractivity contribution >= 4 is 34.9 Å². The average molecular weight is 541 g/mol. The maximum absolute atomic E-state index is 14.8. The highest BCUT2D eigenvalue weighted by Crippen LogP contribution is 2.34. The smallest absolute Gasteiger partial charge is 0.253 e. The monoisotopic (exact) mass is 540 g/mol. The average Bonchev–Trinajstić information content (AvgIpc) is 3.38. The van der Waals surface area contributed by atoms with Crippen molar-refractivity contribution in [2.45, 2.75) is 19.0 Å². The van der Waals surface area contributed by atoms with Crippen LogP contribution in [0.3, 0.4) is 0 Å². The summed E-state index contributed by atoms with van der Waals surface area (Å²) in [5, 5.41) is 7.00.